The zero-order chi connectivity index (χ0) is 41.8. The zero-order valence-corrected chi connectivity index (χ0v) is 39.8. The number of hydrogen-bond acceptors (Lipinski definition) is 0. The third-order valence-electron chi connectivity index (χ3n) is 13.1. The van der Waals surface area contributed by atoms with E-state index in [9.17, 15) is 0 Å². The lowest BCUT2D eigenvalue weighted by molar-refractivity contribution is 0.362. The van der Waals surface area contributed by atoms with Gasteiger partial charge in [0.2, 0.25) is 0 Å². The Bertz CT molecular complexity index is 1130. The van der Waals surface area contributed by atoms with Crippen LogP contribution in [0.4, 0.5) is 0 Å². The molecule has 4 atom stereocenters. The molecule has 2 aromatic carbocycles. The van der Waals surface area contributed by atoms with Gasteiger partial charge in [0.05, 0.1) is 0 Å². The van der Waals surface area contributed by atoms with Gasteiger partial charge >= 0.3 is 0 Å². The van der Waals surface area contributed by atoms with Crippen LogP contribution >= 0.6 is 0 Å². The van der Waals surface area contributed by atoms with Crippen LogP contribution in [0.15, 0.2) is 48.5 Å². The van der Waals surface area contributed by atoms with Gasteiger partial charge in [0.15, 0.2) is 0 Å². The summed E-state index contributed by atoms with van der Waals surface area (Å²) < 4.78 is 0. The van der Waals surface area contributed by atoms with Crippen molar-refractivity contribution < 1.29 is 0 Å². The van der Waals surface area contributed by atoms with Crippen LogP contribution in [0.1, 0.15) is 276 Å². The van der Waals surface area contributed by atoms with E-state index in [-0.39, 0.29) is 10.8 Å². The minimum absolute atomic E-state index is 0.151. The van der Waals surface area contributed by atoms with Gasteiger partial charge in [-0.2, -0.15) is 0 Å². The van der Waals surface area contributed by atoms with Crippen LogP contribution in [0.3, 0.4) is 0 Å². The van der Waals surface area contributed by atoms with E-state index in [1.165, 1.54) is 191 Å². The predicted octanol–water partition coefficient (Wildman–Crippen LogP) is 19.4. The van der Waals surface area contributed by atoms with Crippen LogP contribution in [0.5, 0.6) is 0 Å². The van der Waals surface area contributed by atoms with Gasteiger partial charge in [0.1, 0.15) is 0 Å². The van der Waals surface area contributed by atoms with Gasteiger partial charge in [-0.05, 0) is 88.9 Å². The first-order valence-electron chi connectivity index (χ1n) is 25.2. The Morgan fingerprint density at radius 1 is 0.368 bits per heavy atom. The summed E-state index contributed by atoms with van der Waals surface area (Å²) in [7, 11) is 0. The highest BCUT2D eigenvalue weighted by molar-refractivity contribution is 5.36. The Morgan fingerprint density at radius 3 is 0.912 bits per heavy atom. The Kier molecular flexibility index (Phi) is 27.6. The smallest absolute Gasteiger partial charge is 0.0129 e. The van der Waals surface area contributed by atoms with Gasteiger partial charge in [-0.1, -0.05) is 272 Å². The van der Waals surface area contributed by atoms with Gasteiger partial charge in [0.25, 0.3) is 0 Å². The summed E-state index contributed by atoms with van der Waals surface area (Å²) in [4.78, 5) is 0. The van der Waals surface area contributed by atoms with Crippen molar-refractivity contribution in [3.63, 3.8) is 0 Å². The zero-order valence-electron chi connectivity index (χ0n) is 39.8. The Labute approximate surface area is 359 Å². The van der Waals surface area contributed by atoms with Crippen molar-refractivity contribution in [2.75, 3.05) is 0 Å². The second-order valence-electron chi connectivity index (χ2n) is 20.9. The van der Waals surface area contributed by atoms with Crippen molar-refractivity contribution >= 4 is 0 Å². The molecular formula is C57H98. The fraction of sp³-hybridized carbons (Fsp3) is 0.754. The molecule has 0 heteroatoms. The maximum absolute atomic E-state index is 4.88. The van der Waals surface area contributed by atoms with Gasteiger partial charge in [0, 0.05) is 0 Å². The fourth-order valence-electron chi connectivity index (χ4n) is 9.80. The Hall–Kier alpha value is -1.56. The highest BCUT2D eigenvalue weighted by Crippen LogP contribution is 2.41. The van der Waals surface area contributed by atoms with Crippen molar-refractivity contribution in [3.8, 4) is 0 Å². The normalized spacial score (nSPS) is 14.5. The molecule has 0 nitrogen and oxygen atoms in total. The summed E-state index contributed by atoms with van der Waals surface area (Å²) in [5.74, 6) is 2.01. The molecule has 0 aromatic heterocycles. The van der Waals surface area contributed by atoms with Crippen LogP contribution in [-0.2, 0) is 10.8 Å². The van der Waals surface area contributed by atoms with E-state index < -0.39 is 0 Å². The number of unbranched alkanes of at least 4 members (excludes halogenated alkanes) is 22. The average molecular weight is 783 g/mol. The van der Waals surface area contributed by atoms with E-state index in [0.717, 1.165) is 6.42 Å². The van der Waals surface area contributed by atoms with Gasteiger partial charge in [-0.3, -0.25) is 0 Å². The topological polar surface area (TPSA) is 0 Å². The first-order chi connectivity index (χ1) is 27.4. The molecule has 4 unspecified atom stereocenters. The standard InChI is InChI=1S/C57H98/c1-11-13-15-17-19-21-23-25-27-29-31-33-39-50(52-41-35-37-43-54(52)56(5,6)7)46-48(3)45-49(4)47-51(53-42-36-38-44-55(53)57(8,9)10)40-34-32-30-28-26-24-22-20-18-16-14-12-2/h35-38,41-44,48-51H,3-4,11-34,39-40,45-47H2,1-2,5-10H3. The molecule has 2 radical (unpaired) electrons. The monoisotopic (exact) mass is 783 g/mol. The maximum atomic E-state index is 4.88. The summed E-state index contributed by atoms with van der Waals surface area (Å²) in [5.41, 5.74) is 6.55. The molecule has 0 saturated carbocycles. The van der Waals surface area contributed by atoms with Crippen LogP contribution in [-0.4, -0.2) is 0 Å². The SMILES string of the molecule is [CH2]C(CC([CH2])CC(CCCCCCCCCCCCCC)c1ccccc1C(C)(C)C)CC(CCCCCCCCCCCCCC)c1ccccc1C(C)(C)C. The molecule has 0 aliphatic heterocycles. The lowest BCUT2D eigenvalue weighted by Crippen LogP contribution is -2.19. The molecule has 0 aliphatic carbocycles. The molecular weight excluding hydrogens is 685 g/mol. The van der Waals surface area contributed by atoms with Crippen molar-refractivity contribution in [3.05, 3.63) is 84.6 Å². The molecule has 0 aliphatic rings. The number of hydrogen-bond donors (Lipinski definition) is 0. The first kappa shape index (κ1) is 51.6. The van der Waals surface area contributed by atoms with Crippen LogP contribution < -0.4 is 0 Å². The Balaban J connectivity index is 1.99. The van der Waals surface area contributed by atoms with Gasteiger partial charge < -0.3 is 0 Å². The van der Waals surface area contributed by atoms with Crippen molar-refractivity contribution in [1.29, 1.82) is 0 Å². The van der Waals surface area contributed by atoms with Gasteiger partial charge in [-0.25, -0.2) is 0 Å². The van der Waals surface area contributed by atoms with E-state index in [1.807, 2.05) is 0 Å². The molecule has 2 rings (SSSR count). The van der Waals surface area contributed by atoms with Crippen LogP contribution in [0.25, 0.3) is 0 Å². The number of benzene rings is 2. The summed E-state index contributed by atoms with van der Waals surface area (Å²) in [6.45, 7) is 28.7. The lowest BCUT2D eigenvalue weighted by Gasteiger charge is -2.31. The van der Waals surface area contributed by atoms with Crippen molar-refractivity contribution in [1.82, 2.24) is 0 Å². The minimum Gasteiger partial charge on any atom is -0.0654 e. The molecule has 0 heterocycles. The molecule has 57 heavy (non-hydrogen) atoms. The third-order valence-corrected chi connectivity index (χ3v) is 13.1. The van der Waals surface area contributed by atoms with Crippen molar-refractivity contribution in [2.24, 2.45) is 11.8 Å². The second-order valence-corrected chi connectivity index (χ2v) is 20.9. The third kappa shape index (κ3) is 23.1. The molecule has 0 bridgehead atoms. The summed E-state index contributed by atoms with van der Waals surface area (Å²) >= 11 is 0. The number of rotatable bonds is 34. The second kappa shape index (κ2) is 30.5. The maximum Gasteiger partial charge on any atom is -0.0129 e. The minimum atomic E-state index is 0.151. The molecule has 0 saturated heterocycles. The molecule has 326 valence electrons. The molecule has 0 N–H and O–H groups in total. The summed E-state index contributed by atoms with van der Waals surface area (Å²) in [6, 6.07) is 18.8. The average Bonchev–Trinajstić information content (AvgIpc) is 3.17. The molecule has 0 spiro atoms. The van der Waals surface area contributed by atoms with Gasteiger partial charge in [-0.15, -0.1) is 0 Å². The van der Waals surface area contributed by atoms with Crippen LogP contribution in [0, 0.1) is 25.7 Å². The molecule has 0 fully saturated rings. The molecule has 0 amide bonds. The lowest BCUT2D eigenvalue weighted by atomic mass is 9.74. The predicted molar refractivity (Wildman–Crippen MR) is 259 cm³/mol. The van der Waals surface area contributed by atoms with E-state index in [2.05, 4.69) is 104 Å². The molecule has 2 aromatic rings. The van der Waals surface area contributed by atoms with Crippen LogP contribution in [0.2, 0.25) is 0 Å². The largest absolute Gasteiger partial charge is 0.0654 e. The highest BCUT2D eigenvalue weighted by atomic mass is 14.3. The Morgan fingerprint density at radius 2 is 0.632 bits per heavy atom. The first-order valence-corrected chi connectivity index (χ1v) is 25.2. The summed E-state index contributed by atoms with van der Waals surface area (Å²) in [6.07, 6.45) is 39.9. The fourth-order valence-corrected chi connectivity index (χ4v) is 9.80. The quantitative estimate of drug-likeness (QED) is 0.0620. The van der Waals surface area contributed by atoms with Crippen molar-refractivity contribution in [2.45, 2.75) is 264 Å². The van der Waals surface area contributed by atoms with E-state index in [4.69, 9.17) is 13.8 Å². The summed E-state index contributed by atoms with van der Waals surface area (Å²) in [5, 5.41) is 0. The van der Waals surface area contributed by atoms with E-state index in [0.29, 0.717) is 23.7 Å². The highest BCUT2D eigenvalue weighted by Gasteiger charge is 2.27. The van der Waals surface area contributed by atoms with E-state index in [1.54, 1.807) is 11.1 Å². The van der Waals surface area contributed by atoms with E-state index >= 15 is 0 Å².